The lowest BCUT2D eigenvalue weighted by molar-refractivity contribution is -0.385. The molecule has 0 fully saturated rings. The van der Waals surface area contributed by atoms with Crippen LogP contribution >= 0.6 is 15.9 Å². The number of nitro groups is 1. The first-order valence-electron chi connectivity index (χ1n) is 5.44. The van der Waals surface area contributed by atoms with Gasteiger partial charge in [0.05, 0.1) is 27.6 Å². The number of rotatable bonds is 4. The Bertz CT molecular complexity index is 614. The topological polar surface area (TPSA) is 73.8 Å². The van der Waals surface area contributed by atoms with Gasteiger partial charge in [-0.3, -0.25) is 10.1 Å². The highest BCUT2D eigenvalue weighted by Crippen LogP contribution is 2.22. The van der Waals surface area contributed by atoms with Crippen molar-refractivity contribution in [1.82, 2.24) is 15.0 Å². The first kappa shape index (κ1) is 13.6. The van der Waals surface area contributed by atoms with Gasteiger partial charge in [0.2, 0.25) is 0 Å². The van der Waals surface area contributed by atoms with E-state index in [2.05, 4.69) is 26.2 Å². The second-order valence-electron chi connectivity index (χ2n) is 3.99. The van der Waals surface area contributed by atoms with Crippen LogP contribution in [0.5, 0.6) is 0 Å². The maximum atomic E-state index is 13.2. The van der Waals surface area contributed by atoms with Crippen molar-refractivity contribution in [3.63, 3.8) is 0 Å². The summed E-state index contributed by atoms with van der Waals surface area (Å²) in [5, 5.41) is 18.6. The molecule has 0 amide bonds. The van der Waals surface area contributed by atoms with Crippen LogP contribution in [0.4, 0.5) is 10.1 Å². The molecule has 0 spiro atoms. The molecule has 2 rings (SSSR count). The molecule has 2 aromatic rings. The Labute approximate surface area is 116 Å². The third-order valence-corrected chi connectivity index (χ3v) is 3.00. The molecule has 0 radical (unpaired) electrons. The van der Waals surface area contributed by atoms with Gasteiger partial charge < -0.3 is 0 Å². The Balaban J connectivity index is 2.31. The summed E-state index contributed by atoms with van der Waals surface area (Å²) in [4.78, 5) is 10.4. The standard InChI is InChI=1S/C11H10BrFN4O2/c1-7(12)10-6-16(15-14-10)5-8-4-9(13)2-3-11(8)17(18)19/h2-4,6-7H,5H2,1H3. The van der Waals surface area contributed by atoms with Gasteiger partial charge in [0.15, 0.2) is 0 Å². The molecule has 0 N–H and O–H groups in total. The van der Waals surface area contributed by atoms with E-state index in [9.17, 15) is 14.5 Å². The van der Waals surface area contributed by atoms with E-state index in [4.69, 9.17) is 0 Å². The monoisotopic (exact) mass is 328 g/mol. The van der Waals surface area contributed by atoms with Crippen molar-refractivity contribution < 1.29 is 9.31 Å². The molecule has 8 heteroatoms. The van der Waals surface area contributed by atoms with Crippen LogP contribution in [-0.4, -0.2) is 19.9 Å². The summed E-state index contributed by atoms with van der Waals surface area (Å²) in [6.45, 7) is 1.99. The van der Waals surface area contributed by atoms with Gasteiger partial charge in [-0.1, -0.05) is 21.1 Å². The number of alkyl halides is 1. The Kier molecular flexibility index (Phi) is 3.89. The molecule has 1 aromatic carbocycles. The van der Waals surface area contributed by atoms with E-state index < -0.39 is 10.7 Å². The van der Waals surface area contributed by atoms with Gasteiger partial charge in [-0.05, 0) is 19.1 Å². The quantitative estimate of drug-likeness (QED) is 0.491. The van der Waals surface area contributed by atoms with E-state index in [-0.39, 0.29) is 22.6 Å². The molecule has 1 unspecified atom stereocenters. The molecule has 0 aliphatic rings. The lowest BCUT2D eigenvalue weighted by atomic mass is 10.2. The van der Waals surface area contributed by atoms with Crippen LogP contribution in [0.2, 0.25) is 0 Å². The number of hydrogen-bond acceptors (Lipinski definition) is 4. The molecular weight excluding hydrogens is 319 g/mol. The Morgan fingerprint density at radius 1 is 1.58 bits per heavy atom. The minimum absolute atomic E-state index is 0.0312. The average molecular weight is 329 g/mol. The van der Waals surface area contributed by atoms with Crippen molar-refractivity contribution in [1.29, 1.82) is 0 Å². The predicted molar refractivity (Wildman–Crippen MR) is 69.5 cm³/mol. The van der Waals surface area contributed by atoms with Crippen LogP contribution in [0.15, 0.2) is 24.4 Å². The fourth-order valence-corrected chi connectivity index (χ4v) is 1.82. The Hall–Kier alpha value is -1.83. The maximum Gasteiger partial charge on any atom is 0.274 e. The fourth-order valence-electron chi connectivity index (χ4n) is 1.61. The summed E-state index contributed by atoms with van der Waals surface area (Å²) in [5.74, 6) is -0.519. The smallest absolute Gasteiger partial charge is 0.258 e. The predicted octanol–water partition coefficient (Wildman–Crippen LogP) is 2.83. The number of benzene rings is 1. The van der Waals surface area contributed by atoms with Crippen LogP contribution in [0.3, 0.4) is 0 Å². The van der Waals surface area contributed by atoms with E-state index in [1.807, 2.05) is 6.92 Å². The molecule has 0 bridgehead atoms. The summed E-state index contributed by atoms with van der Waals surface area (Å²) in [7, 11) is 0. The van der Waals surface area contributed by atoms with Crippen LogP contribution in [-0.2, 0) is 6.54 Å². The highest BCUT2D eigenvalue weighted by Gasteiger charge is 2.16. The molecule has 100 valence electrons. The second kappa shape index (κ2) is 5.43. The van der Waals surface area contributed by atoms with Gasteiger partial charge in [0.1, 0.15) is 5.82 Å². The molecular formula is C11H10BrFN4O2. The SMILES string of the molecule is CC(Br)c1cn(Cc2cc(F)ccc2[N+](=O)[O-])nn1. The van der Waals surface area contributed by atoms with Gasteiger partial charge in [-0.15, -0.1) is 5.10 Å². The number of nitrogens with zero attached hydrogens (tertiary/aromatic N) is 4. The van der Waals surface area contributed by atoms with E-state index in [1.165, 1.54) is 4.68 Å². The molecule has 0 saturated heterocycles. The van der Waals surface area contributed by atoms with Crippen molar-refractivity contribution in [3.05, 3.63) is 51.6 Å². The number of halogens is 2. The van der Waals surface area contributed by atoms with Gasteiger partial charge in [-0.25, -0.2) is 9.07 Å². The zero-order chi connectivity index (χ0) is 14.0. The van der Waals surface area contributed by atoms with Crippen molar-refractivity contribution in [2.24, 2.45) is 0 Å². The number of aromatic nitrogens is 3. The van der Waals surface area contributed by atoms with Crippen LogP contribution in [0.1, 0.15) is 23.0 Å². The van der Waals surface area contributed by atoms with Crippen molar-refractivity contribution in [2.75, 3.05) is 0 Å². The van der Waals surface area contributed by atoms with Crippen LogP contribution in [0, 0.1) is 15.9 Å². The van der Waals surface area contributed by atoms with Crippen molar-refractivity contribution in [3.8, 4) is 0 Å². The van der Waals surface area contributed by atoms with Gasteiger partial charge in [-0.2, -0.15) is 0 Å². The summed E-state index contributed by atoms with van der Waals surface area (Å²) in [6.07, 6.45) is 1.66. The minimum Gasteiger partial charge on any atom is -0.258 e. The van der Waals surface area contributed by atoms with Crippen molar-refractivity contribution in [2.45, 2.75) is 18.3 Å². The highest BCUT2D eigenvalue weighted by atomic mass is 79.9. The Morgan fingerprint density at radius 3 is 2.89 bits per heavy atom. The maximum absolute atomic E-state index is 13.2. The van der Waals surface area contributed by atoms with Crippen molar-refractivity contribution >= 4 is 21.6 Å². The average Bonchev–Trinajstić information content (AvgIpc) is 2.77. The third kappa shape index (κ3) is 3.14. The first-order valence-corrected chi connectivity index (χ1v) is 6.36. The molecule has 0 aliphatic carbocycles. The molecule has 19 heavy (non-hydrogen) atoms. The molecule has 1 heterocycles. The third-order valence-electron chi connectivity index (χ3n) is 2.53. The van der Waals surface area contributed by atoms with Crippen LogP contribution < -0.4 is 0 Å². The Morgan fingerprint density at radius 2 is 2.32 bits per heavy atom. The largest absolute Gasteiger partial charge is 0.274 e. The minimum atomic E-state index is -0.542. The molecule has 0 saturated carbocycles. The molecule has 6 nitrogen and oxygen atoms in total. The van der Waals surface area contributed by atoms with E-state index in [1.54, 1.807) is 6.20 Å². The van der Waals surface area contributed by atoms with Crippen LogP contribution in [0.25, 0.3) is 0 Å². The lowest BCUT2D eigenvalue weighted by Gasteiger charge is -2.03. The van der Waals surface area contributed by atoms with E-state index >= 15 is 0 Å². The number of hydrogen-bond donors (Lipinski definition) is 0. The first-order chi connectivity index (χ1) is 8.97. The fraction of sp³-hybridized carbons (Fsp3) is 0.273. The van der Waals surface area contributed by atoms with Gasteiger partial charge >= 0.3 is 0 Å². The summed E-state index contributed by atoms with van der Waals surface area (Å²) in [5.41, 5.74) is 0.827. The second-order valence-corrected chi connectivity index (χ2v) is 5.36. The number of nitro benzene ring substituents is 1. The zero-order valence-corrected chi connectivity index (χ0v) is 11.5. The van der Waals surface area contributed by atoms with E-state index in [0.29, 0.717) is 5.69 Å². The lowest BCUT2D eigenvalue weighted by Crippen LogP contribution is -2.04. The molecule has 0 aliphatic heterocycles. The summed E-state index contributed by atoms with van der Waals surface area (Å²) < 4.78 is 14.6. The normalized spacial score (nSPS) is 12.4. The van der Waals surface area contributed by atoms with Gasteiger partial charge in [0, 0.05) is 12.3 Å². The molecule has 1 atom stereocenters. The summed E-state index contributed by atoms with van der Waals surface area (Å²) >= 11 is 3.35. The highest BCUT2D eigenvalue weighted by molar-refractivity contribution is 9.09. The molecule has 1 aromatic heterocycles. The van der Waals surface area contributed by atoms with E-state index in [0.717, 1.165) is 18.2 Å². The van der Waals surface area contributed by atoms with Gasteiger partial charge in [0.25, 0.3) is 5.69 Å². The summed E-state index contributed by atoms with van der Waals surface area (Å²) in [6, 6.07) is 3.35. The zero-order valence-electron chi connectivity index (χ0n) is 9.96.